The Hall–Kier alpha value is -0.000519. The van der Waals surface area contributed by atoms with Crippen molar-refractivity contribution in [1.82, 2.24) is 0 Å². The second-order valence-corrected chi connectivity index (χ2v) is 3.81. The molecule has 0 atom stereocenters. The van der Waals surface area contributed by atoms with E-state index in [1.165, 1.54) is 34.7 Å². The zero-order chi connectivity index (χ0) is 9.38. The van der Waals surface area contributed by atoms with Crippen LogP contribution in [0.5, 0.6) is 0 Å². The molecule has 0 spiro atoms. The van der Waals surface area contributed by atoms with Crippen LogP contribution >= 0.6 is 0 Å². The Bertz CT molecular complexity index is 437. The molecular formula is C6H4B8. The molecule has 8 heteroatoms. The van der Waals surface area contributed by atoms with E-state index in [0.717, 1.165) is 0 Å². The summed E-state index contributed by atoms with van der Waals surface area (Å²) in [5.74, 6) is 0. The van der Waals surface area contributed by atoms with Crippen LogP contribution in [0.4, 0.5) is 0 Å². The van der Waals surface area contributed by atoms with Gasteiger partial charge in [0.1, 0.15) is 0 Å². The summed E-state index contributed by atoms with van der Waals surface area (Å²) in [5, 5.41) is 0. The molecule has 2 heterocycles. The van der Waals surface area contributed by atoms with E-state index in [1.807, 2.05) is 0 Å². The number of fused-ring (bicyclic) bond motifs is 3. The number of aryl methyl sites for hydroxylation is 2. The number of hydrogen-bond donors (Lipinski definition) is 0. The molecule has 0 bridgehead atoms. The summed E-state index contributed by atoms with van der Waals surface area (Å²) in [4.78, 5) is 0. The van der Waals surface area contributed by atoms with Crippen LogP contribution in [-0.4, -0.2) is 53.9 Å². The van der Waals surface area contributed by atoms with E-state index in [9.17, 15) is 0 Å². The zero-order valence-corrected chi connectivity index (χ0v) is 8.03. The van der Waals surface area contributed by atoms with E-state index in [0.29, 0.717) is 0 Å². The van der Waals surface area contributed by atoms with Crippen LogP contribution in [0.25, 0.3) is 10.9 Å². The Labute approximate surface area is 88.9 Å². The van der Waals surface area contributed by atoms with Crippen LogP contribution in [0.3, 0.4) is 0 Å². The third kappa shape index (κ3) is 1.51. The van der Waals surface area contributed by atoms with E-state index in [2.05, 4.69) is 53.9 Å². The quantitative estimate of drug-likeness (QED) is 0.427. The Morgan fingerprint density at radius 2 is 1.00 bits per heavy atom. The minimum atomic E-state index is 1.19. The average Bonchev–Trinajstić information content (AvgIpc) is 2.29. The monoisotopic (exact) mass is 164 g/mol. The van der Waals surface area contributed by atoms with Crippen molar-refractivity contribution in [3.8, 4) is 10.9 Å². The van der Waals surface area contributed by atoms with E-state index in [1.54, 1.807) is 0 Å². The van der Waals surface area contributed by atoms with Crippen LogP contribution in [0.2, 0.25) is 0 Å². The summed E-state index contributed by atoms with van der Waals surface area (Å²) < 4.78 is 0. The molecule has 14 heavy (non-hydrogen) atoms. The van der Waals surface area contributed by atoms with Gasteiger partial charge < -0.3 is 0 Å². The molecule has 52 valence electrons. The first kappa shape index (κ1) is 9.24. The minimum absolute atomic E-state index is 1.19. The Morgan fingerprint density at radius 1 is 0.571 bits per heavy atom. The normalized spacial score (nSPS) is 10.9. The van der Waals surface area contributed by atoms with E-state index < -0.39 is 0 Å². The maximum absolute atomic E-state index is 2.24. The van der Waals surface area contributed by atoms with Crippen molar-refractivity contribution in [3.63, 3.8) is 0 Å². The molecule has 1 aliphatic carbocycles. The number of rotatable bonds is 0. The molecular weight excluding hydrogens is 159 g/mol. The molecule has 0 saturated carbocycles. The Morgan fingerprint density at radius 3 is 1.50 bits per heavy atom. The summed E-state index contributed by atoms with van der Waals surface area (Å²) in [5.41, 5.74) is 5.83. The zero-order valence-electron chi connectivity index (χ0n) is 8.03. The standard InChI is InChI=1S/C6H4B8/c1-2-4-6(10-14-12-8-4)5-3(1)7-11-13-9-5/h1-2H2. The summed E-state index contributed by atoms with van der Waals surface area (Å²) in [6, 6.07) is 0. The van der Waals surface area contributed by atoms with Crippen molar-refractivity contribution in [2.24, 2.45) is 0 Å². The van der Waals surface area contributed by atoms with Gasteiger partial charge >= 0.3 is 88.6 Å². The van der Waals surface area contributed by atoms with Crippen molar-refractivity contribution < 1.29 is 0 Å². The van der Waals surface area contributed by atoms with Crippen molar-refractivity contribution in [3.05, 3.63) is 10.9 Å². The van der Waals surface area contributed by atoms with Gasteiger partial charge in [-0.25, -0.2) is 0 Å². The van der Waals surface area contributed by atoms with E-state index >= 15 is 0 Å². The SMILES string of the molecule is b1bbc2c(b1)CCc1bbbbc1-2. The van der Waals surface area contributed by atoms with Gasteiger partial charge in [0.05, 0.1) is 0 Å². The van der Waals surface area contributed by atoms with E-state index in [-0.39, 0.29) is 0 Å². The Kier molecular flexibility index (Phi) is 2.55. The third-order valence-corrected chi connectivity index (χ3v) is 2.99. The number of hydrogen-bond acceptors (Lipinski definition) is 0. The molecule has 2 aromatic heterocycles. The van der Waals surface area contributed by atoms with Crippen LogP contribution in [0, 0.1) is 0 Å². The predicted molar refractivity (Wildman–Crippen MR) is 70.1 cm³/mol. The molecule has 0 aromatic carbocycles. The molecule has 0 unspecified atom stereocenters. The molecule has 0 radical (unpaired) electrons. The molecule has 0 amide bonds. The summed E-state index contributed by atoms with van der Waals surface area (Å²) in [7, 11) is 0. The summed E-state index contributed by atoms with van der Waals surface area (Å²) >= 11 is 0. The van der Waals surface area contributed by atoms with Crippen molar-refractivity contribution >= 4 is 53.9 Å². The molecule has 0 aliphatic heterocycles. The molecule has 2 aromatic rings. The molecule has 3 rings (SSSR count). The van der Waals surface area contributed by atoms with Crippen molar-refractivity contribution in [1.29, 1.82) is 0 Å². The van der Waals surface area contributed by atoms with Crippen LogP contribution in [0.1, 0.15) is 10.9 Å². The predicted octanol–water partition coefficient (Wildman–Crippen LogP) is -1.84. The summed E-state index contributed by atoms with van der Waals surface area (Å²) in [6.45, 7) is 17.5. The van der Waals surface area contributed by atoms with Gasteiger partial charge in [0.15, 0.2) is 0 Å². The fourth-order valence-electron chi connectivity index (χ4n) is 2.27. The van der Waals surface area contributed by atoms with Gasteiger partial charge in [-0.05, 0) is 0 Å². The van der Waals surface area contributed by atoms with Crippen LogP contribution in [0.15, 0.2) is 0 Å². The first-order valence-corrected chi connectivity index (χ1v) is 5.11. The van der Waals surface area contributed by atoms with Gasteiger partial charge in [-0.2, -0.15) is 0 Å². The average molecular weight is 163 g/mol. The second kappa shape index (κ2) is 3.87. The van der Waals surface area contributed by atoms with Crippen LogP contribution in [-0.2, 0) is 12.8 Å². The molecule has 0 saturated heterocycles. The van der Waals surface area contributed by atoms with Crippen molar-refractivity contribution in [2.45, 2.75) is 12.8 Å². The van der Waals surface area contributed by atoms with Gasteiger partial charge in [0.25, 0.3) is 0 Å². The van der Waals surface area contributed by atoms with Gasteiger partial charge in [-0.3, -0.25) is 0 Å². The third-order valence-electron chi connectivity index (χ3n) is 2.99. The molecule has 0 nitrogen and oxygen atoms in total. The summed E-state index contributed by atoms with van der Waals surface area (Å²) in [6.07, 6.45) is 2.38. The fraction of sp³-hybridized carbons (Fsp3) is 0.333. The van der Waals surface area contributed by atoms with E-state index in [4.69, 9.17) is 0 Å². The van der Waals surface area contributed by atoms with Gasteiger partial charge in [-0.1, -0.05) is 0 Å². The van der Waals surface area contributed by atoms with Gasteiger partial charge in [-0.15, -0.1) is 0 Å². The van der Waals surface area contributed by atoms with Gasteiger partial charge in [0.2, 0.25) is 0 Å². The van der Waals surface area contributed by atoms with Crippen molar-refractivity contribution in [2.75, 3.05) is 0 Å². The fourth-order valence-corrected chi connectivity index (χ4v) is 2.27. The second-order valence-electron chi connectivity index (χ2n) is 3.81. The first-order chi connectivity index (χ1) is 6.95. The van der Waals surface area contributed by atoms with Gasteiger partial charge in [0, 0.05) is 0 Å². The topological polar surface area (TPSA) is 0 Å². The maximum atomic E-state index is 2.24. The van der Waals surface area contributed by atoms with Crippen LogP contribution < -0.4 is 0 Å². The molecule has 0 fully saturated rings. The molecule has 0 N–H and O–H groups in total. The Balaban J connectivity index is 2.29. The first-order valence-electron chi connectivity index (χ1n) is 5.11. The molecule has 1 aliphatic rings.